The Morgan fingerprint density at radius 3 is 2.67 bits per heavy atom. The van der Waals surface area contributed by atoms with Crippen molar-refractivity contribution in [3.63, 3.8) is 0 Å². The van der Waals surface area contributed by atoms with Crippen LogP contribution in [0.4, 0.5) is 13.2 Å². The number of rotatable bonds is 1. The molecule has 21 heavy (non-hydrogen) atoms. The first kappa shape index (κ1) is 16.3. The molecule has 1 atom stereocenters. The summed E-state index contributed by atoms with van der Waals surface area (Å²) in [7, 11) is 0. The van der Waals surface area contributed by atoms with Gasteiger partial charge in [0.15, 0.2) is 0 Å². The normalized spacial score (nSPS) is 23.2. The molecule has 0 aliphatic carbocycles. The number of amides is 1. The van der Waals surface area contributed by atoms with E-state index >= 15 is 0 Å². The molecular formula is C14H15BrF3NO2. The monoisotopic (exact) mass is 365 g/mol. The highest BCUT2D eigenvalue weighted by atomic mass is 79.9. The molecule has 1 aromatic rings. The number of hydrogen-bond donors (Lipinski definition) is 1. The van der Waals surface area contributed by atoms with E-state index < -0.39 is 23.2 Å². The largest absolute Gasteiger partial charge is 0.417 e. The molecule has 0 spiro atoms. The van der Waals surface area contributed by atoms with Crippen LogP contribution < -0.4 is 0 Å². The van der Waals surface area contributed by atoms with Gasteiger partial charge >= 0.3 is 6.18 Å². The summed E-state index contributed by atoms with van der Waals surface area (Å²) in [6.07, 6.45) is -3.51. The van der Waals surface area contributed by atoms with Gasteiger partial charge in [-0.3, -0.25) is 4.79 Å². The summed E-state index contributed by atoms with van der Waals surface area (Å²) < 4.78 is 39.5. The second-order valence-corrected chi connectivity index (χ2v) is 6.43. The van der Waals surface area contributed by atoms with Gasteiger partial charge in [-0.05, 0) is 38.0 Å². The van der Waals surface area contributed by atoms with Crippen LogP contribution in [0.5, 0.6) is 0 Å². The lowest BCUT2D eigenvalue weighted by Crippen LogP contribution is -2.48. The van der Waals surface area contributed by atoms with Gasteiger partial charge in [0.1, 0.15) is 0 Å². The van der Waals surface area contributed by atoms with E-state index in [9.17, 15) is 23.1 Å². The smallest absolute Gasteiger partial charge is 0.388 e. The van der Waals surface area contributed by atoms with E-state index in [1.165, 1.54) is 17.0 Å². The van der Waals surface area contributed by atoms with Crippen LogP contribution >= 0.6 is 15.9 Å². The zero-order valence-corrected chi connectivity index (χ0v) is 13.0. The van der Waals surface area contributed by atoms with Crippen LogP contribution in [0, 0.1) is 0 Å². The number of likely N-dealkylation sites (tertiary alicyclic amines) is 1. The minimum atomic E-state index is -4.60. The van der Waals surface area contributed by atoms with Gasteiger partial charge in [-0.1, -0.05) is 15.9 Å². The Morgan fingerprint density at radius 1 is 1.43 bits per heavy atom. The number of carbonyl (C=O) groups is 1. The summed E-state index contributed by atoms with van der Waals surface area (Å²) in [5, 5.41) is 9.99. The minimum Gasteiger partial charge on any atom is -0.388 e. The van der Waals surface area contributed by atoms with Gasteiger partial charge < -0.3 is 10.0 Å². The Bertz CT molecular complexity index is 558. The molecule has 1 heterocycles. The number of carbonyl (C=O) groups excluding carboxylic acids is 1. The number of halogens is 4. The fourth-order valence-electron chi connectivity index (χ4n) is 2.50. The van der Waals surface area contributed by atoms with Crippen molar-refractivity contribution in [2.24, 2.45) is 0 Å². The molecule has 1 unspecified atom stereocenters. The molecule has 2 rings (SSSR count). The molecule has 1 amide bonds. The molecule has 116 valence electrons. The van der Waals surface area contributed by atoms with Gasteiger partial charge in [-0.25, -0.2) is 0 Å². The Morgan fingerprint density at radius 2 is 2.10 bits per heavy atom. The fraction of sp³-hybridized carbons (Fsp3) is 0.500. The van der Waals surface area contributed by atoms with Crippen LogP contribution in [0.15, 0.2) is 22.7 Å². The van der Waals surface area contributed by atoms with Crippen LogP contribution in [-0.4, -0.2) is 34.6 Å². The first-order chi connectivity index (χ1) is 9.60. The highest BCUT2D eigenvalue weighted by molar-refractivity contribution is 9.10. The van der Waals surface area contributed by atoms with Gasteiger partial charge in [-0.2, -0.15) is 13.2 Å². The summed E-state index contributed by atoms with van der Waals surface area (Å²) in [5.41, 5.74) is -2.41. The molecule has 1 aliphatic heterocycles. The van der Waals surface area contributed by atoms with Crippen molar-refractivity contribution in [2.45, 2.75) is 31.5 Å². The van der Waals surface area contributed by atoms with E-state index in [1.807, 2.05) is 0 Å². The van der Waals surface area contributed by atoms with Crippen molar-refractivity contribution in [3.05, 3.63) is 33.8 Å². The van der Waals surface area contributed by atoms with Crippen molar-refractivity contribution >= 4 is 21.8 Å². The number of benzene rings is 1. The maximum absolute atomic E-state index is 13.1. The topological polar surface area (TPSA) is 40.5 Å². The third kappa shape index (κ3) is 3.77. The molecule has 0 aromatic heterocycles. The molecule has 0 saturated carbocycles. The van der Waals surface area contributed by atoms with Crippen LogP contribution in [0.25, 0.3) is 0 Å². The zero-order valence-electron chi connectivity index (χ0n) is 11.4. The van der Waals surface area contributed by atoms with Gasteiger partial charge in [0, 0.05) is 17.6 Å². The molecular weight excluding hydrogens is 351 g/mol. The van der Waals surface area contributed by atoms with Gasteiger partial charge in [0.2, 0.25) is 0 Å². The molecule has 1 N–H and O–H groups in total. The standard InChI is InChI=1S/C14H15BrF3NO2/c1-13(21)5-2-6-19(8-13)12(20)10-4-3-9(15)7-11(10)14(16,17)18/h3-4,7,21H,2,5-6,8H2,1H3. The second-order valence-electron chi connectivity index (χ2n) is 5.51. The first-order valence-electron chi connectivity index (χ1n) is 6.48. The van der Waals surface area contributed by atoms with Crippen LogP contribution in [0.3, 0.4) is 0 Å². The van der Waals surface area contributed by atoms with Crippen molar-refractivity contribution in [3.8, 4) is 0 Å². The second kappa shape index (κ2) is 5.61. The third-order valence-electron chi connectivity index (χ3n) is 3.48. The summed E-state index contributed by atoms with van der Waals surface area (Å²) in [5.74, 6) is -0.699. The summed E-state index contributed by atoms with van der Waals surface area (Å²) in [4.78, 5) is 13.6. The molecule has 3 nitrogen and oxygen atoms in total. The Hall–Kier alpha value is -1.08. The van der Waals surface area contributed by atoms with Crippen molar-refractivity contribution in [1.29, 1.82) is 0 Å². The highest BCUT2D eigenvalue weighted by Crippen LogP contribution is 2.35. The molecule has 7 heteroatoms. The van der Waals surface area contributed by atoms with E-state index in [0.717, 1.165) is 6.07 Å². The number of nitrogens with zero attached hydrogens (tertiary/aromatic N) is 1. The predicted octanol–water partition coefficient (Wildman–Crippen LogP) is 3.45. The molecule has 1 aromatic carbocycles. The number of β-amino-alcohol motifs (C(OH)–C–C–N with tert-alkyl or cyclic N) is 1. The highest BCUT2D eigenvalue weighted by Gasteiger charge is 2.38. The number of piperidine rings is 1. The van der Waals surface area contributed by atoms with Crippen LogP contribution in [-0.2, 0) is 6.18 Å². The van der Waals surface area contributed by atoms with Gasteiger partial charge in [-0.15, -0.1) is 0 Å². The SMILES string of the molecule is CC1(O)CCCN(C(=O)c2ccc(Br)cc2C(F)(F)F)C1. The molecule has 1 saturated heterocycles. The van der Waals surface area contributed by atoms with Crippen molar-refractivity contribution < 1.29 is 23.1 Å². The molecule has 1 aliphatic rings. The number of hydrogen-bond acceptors (Lipinski definition) is 2. The maximum Gasteiger partial charge on any atom is 0.417 e. The van der Waals surface area contributed by atoms with E-state index in [4.69, 9.17) is 0 Å². The lowest BCUT2D eigenvalue weighted by atomic mass is 9.94. The molecule has 1 fully saturated rings. The van der Waals surface area contributed by atoms with E-state index in [2.05, 4.69) is 15.9 Å². The van der Waals surface area contributed by atoms with E-state index in [1.54, 1.807) is 6.92 Å². The summed E-state index contributed by atoms with van der Waals surface area (Å²) >= 11 is 2.99. The van der Waals surface area contributed by atoms with E-state index in [0.29, 0.717) is 19.4 Å². The Labute approximate surface area is 128 Å². The van der Waals surface area contributed by atoms with Crippen LogP contribution in [0.1, 0.15) is 35.7 Å². The zero-order chi connectivity index (χ0) is 15.8. The number of alkyl halides is 3. The first-order valence-corrected chi connectivity index (χ1v) is 7.28. The van der Waals surface area contributed by atoms with Gasteiger partial charge in [0.25, 0.3) is 5.91 Å². The average molecular weight is 366 g/mol. The lowest BCUT2D eigenvalue weighted by molar-refractivity contribution is -0.138. The average Bonchev–Trinajstić information content (AvgIpc) is 2.35. The molecule has 0 radical (unpaired) electrons. The van der Waals surface area contributed by atoms with Crippen LogP contribution in [0.2, 0.25) is 0 Å². The molecule has 0 bridgehead atoms. The van der Waals surface area contributed by atoms with Crippen molar-refractivity contribution in [1.82, 2.24) is 4.90 Å². The quantitative estimate of drug-likeness (QED) is 0.827. The number of aliphatic hydroxyl groups is 1. The van der Waals surface area contributed by atoms with Crippen molar-refractivity contribution in [2.75, 3.05) is 13.1 Å². The minimum absolute atomic E-state index is 0.0409. The lowest BCUT2D eigenvalue weighted by Gasteiger charge is -2.37. The Kier molecular flexibility index (Phi) is 4.35. The fourth-order valence-corrected chi connectivity index (χ4v) is 2.86. The predicted molar refractivity (Wildman–Crippen MR) is 74.9 cm³/mol. The van der Waals surface area contributed by atoms with Gasteiger partial charge in [0.05, 0.1) is 16.7 Å². The summed E-state index contributed by atoms with van der Waals surface area (Å²) in [6, 6.07) is 3.47. The summed E-state index contributed by atoms with van der Waals surface area (Å²) in [6.45, 7) is 1.97. The van der Waals surface area contributed by atoms with E-state index in [-0.39, 0.29) is 16.6 Å². The Balaban J connectivity index is 2.35. The third-order valence-corrected chi connectivity index (χ3v) is 3.97. The maximum atomic E-state index is 13.1.